The summed E-state index contributed by atoms with van der Waals surface area (Å²) in [7, 11) is 0. The van der Waals surface area contributed by atoms with Crippen LogP contribution >= 0.6 is 0 Å². The molecule has 0 bridgehead atoms. The monoisotopic (exact) mass is 445 g/mol. The number of urea groups is 1. The van der Waals surface area contributed by atoms with Crippen LogP contribution in [0.25, 0.3) is 0 Å². The molecule has 7 heteroatoms. The number of para-hydroxylation sites is 2. The Labute approximate surface area is 191 Å². The van der Waals surface area contributed by atoms with Gasteiger partial charge in [-0.1, -0.05) is 26.0 Å². The number of Topliss-reactive ketones (excluding diaryl/α,β-unsaturated/α-hetero) is 1. The standard InChI is InChI=1S/C26H24FN3O3/c1-26(2)14-19-23(21(31)15-26)24(22-8-5-13-33-22)30(20-7-4-3-6-18(20)29-19)25(32)28-17-11-9-16(27)10-12-17/h3-13,24,29H,14-15H2,1-2H3,(H,28,32)/t24-/m0/s1. The molecule has 0 unspecified atom stereocenters. The summed E-state index contributed by atoms with van der Waals surface area (Å²) in [4.78, 5) is 28.7. The second-order valence-corrected chi connectivity index (χ2v) is 9.20. The number of hydrogen-bond acceptors (Lipinski definition) is 4. The van der Waals surface area contributed by atoms with Crippen molar-refractivity contribution in [2.75, 3.05) is 15.5 Å². The van der Waals surface area contributed by atoms with Crippen molar-refractivity contribution < 1.29 is 18.4 Å². The molecule has 0 spiro atoms. The van der Waals surface area contributed by atoms with E-state index in [0.29, 0.717) is 35.5 Å². The van der Waals surface area contributed by atoms with Crippen LogP contribution in [-0.4, -0.2) is 11.8 Å². The van der Waals surface area contributed by atoms with Crippen molar-refractivity contribution in [3.05, 3.63) is 89.8 Å². The lowest BCUT2D eigenvalue weighted by Gasteiger charge is -2.36. The summed E-state index contributed by atoms with van der Waals surface area (Å²) < 4.78 is 19.1. The number of amides is 2. The topological polar surface area (TPSA) is 74.6 Å². The first kappa shape index (κ1) is 21.0. The molecule has 2 aliphatic rings. The summed E-state index contributed by atoms with van der Waals surface area (Å²) in [6.07, 6.45) is 2.56. The summed E-state index contributed by atoms with van der Waals surface area (Å²) in [5.74, 6) is 0.0712. The van der Waals surface area contributed by atoms with Gasteiger partial charge in [-0.05, 0) is 60.4 Å². The summed E-state index contributed by atoms with van der Waals surface area (Å²) >= 11 is 0. The number of nitrogens with one attached hydrogen (secondary N) is 2. The fraction of sp³-hybridized carbons (Fsp3) is 0.231. The van der Waals surface area contributed by atoms with Crippen molar-refractivity contribution in [2.45, 2.75) is 32.7 Å². The van der Waals surface area contributed by atoms with E-state index < -0.39 is 17.9 Å². The molecular formula is C26H24FN3O3. The van der Waals surface area contributed by atoms with E-state index in [9.17, 15) is 14.0 Å². The number of furan rings is 1. The van der Waals surface area contributed by atoms with Gasteiger partial charge in [0.15, 0.2) is 5.78 Å². The molecule has 1 aliphatic heterocycles. The van der Waals surface area contributed by atoms with Crippen molar-refractivity contribution >= 4 is 28.9 Å². The van der Waals surface area contributed by atoms with Crippen LogP contribution in [0.15, 0.2) is 82.6 Å². The first-order valence-electron chi connectivity index (χ1n) is 10.8. The molecule has 6 nitrogen and oxygen atoms in total. The van der Waals surface area contributed by atoms with E-state index in [1.54, 1.807) is 17.0 Å². The molecule has 0 saturated heterocycles. The maximum absolute atomic E-state index is 13.7. The van der Waals surface area contributed by atoms with Crippen LogP contribution in [0.5, 0.6) is 0 Å². The van der Waals surface area contributed by atoms with Gasteiger partial charge in [-0.2, -0.15) is 0 Å². The fourth-order valence-corrected chi connectivity index (χ4v) is 4.64. The Hall–Kier alpha value is -3.87. The highest BCUT2D eigenvalue weighted by Crippen LogP contribution is 2.48. The Kier molecular flexibility index (Phi) is 5.04. The third kappa shape index (κ3) is 3.91. The molecule has 0 fully saturated rings. The minimum atomic E-state index is -0.754. The SMILES string of the molecule is CC1(C)CC(=O)C2=C(C1)Nc1ccccc1N(C(=O)Nc1ccc(F)cc1)[C@H]2c1ccco1. The number of hydrogen-bond donors (Lipinski definition) is 2. The first-order chi connectivity index (χ1) is 15.8. The quantitative estimate of drug-likeness (QED) is 0.488. The average molecular weight is 445 g/mol. The van der Waals surface area contributed by atoms with Gasteiger partial charge in [-0.25, -0.2) is 9.18 Å². The summed E-state index contributed by atoms with van der Waals surface area (Å²) in [5.41, 5.74) is 2.88. The number of nitrogens with zero attached hydrogens (tertiary/aromatic N) is 1. The Bertz CT molecular complexity index is 1250. The molecule has 2 N–H and O–H groups in total. The van der Waals surface area contributed by atoms with E-state index in [4.69, 9.17) is 4.42 Å². The van der Waals surface area contributed by atoms with Gasteiger partial charge in [-0.15, -0.1) is 0 Å². The minimum Gasteiger partial charge on any atom is -0.467 e. The second-order valence-electron chi connectivity index (χ2n) is 9.20. The van der Waals surface area contributed by atoms with Gasteiger partial charge in [0, 0.05) is 23.4 Å². The van der Waals surface area contributed by atoms with E-state index in [-0.39, 0.29) is 11.2 Å². The molecule has 0 radical (unpaired) electrons. The maximum Gasteiger partial charge on any atom is 0.327 e. The largest absolute Gasteiger partial charge is 0.467 e. The molecule has 3 aromatic rings. The zero-order valence-electron chi connectivity index (χ0n) is 18.4. The number of anilines is 3. The third-order valence-electron chi connectivity index (χ3n) is 6.03. The van der Waals surface area contributed by atoms with Crippen LogP contribution in [0.4, 0.5) is 26.2 Å². The summed E-state index contributed by atoms with van der Waals surface area (Å²) in [6, 6.07) is 15.3. The van der Waals surface area contributed by atoms with Crippen LogP contribution in [-0.2, 0) is 4.79 Å². The van der Waals surface area contributed by atoms with Gasteiger partial charge in [0.25, 0.3) is 0 Å². The van der Waals surface area contributed by atoms with E-state index in [1.807, 2.05) is 24.3 Å². The minimum absolute atomic E-state index is 0.0254. The number of allylic oxidation sites excluding steroid dienone is 1. The zero-order chi connectivity index (χ0) is 23.2. The van der Waals surface area contributed by atoms with Crippen LogP contribution < -0.4 is 15.5 Å². The molecule has 168 valence electrons. The highest BCUT2D eigenvalue weighted by Gasteiger charge is 2.44. The smallest absolute Gasteiger partial charge is 0.327 e. The Morgan fingerprint density at radius 1 is 1.09 bits per heavy atom. The zero-order valence-corrected chi connectivity index (χ0v) is 18.4. The predicted molar refractivity (Wildman–Crippen MR) is 124 cm³/mol. The molecule has 5 rings (SSSR count). The number of fused-ring (bicyclic) bond motifs is 1. The molecule has 1 aromatic heterocycles. The second kappa shape index (κ2) is 7.92. The lowest BCUT2D eigenvalue weighted by atomic mass is 9.74. The number of carbonyl (C=O) groups excluding carboxylic acids is 2. The number of benzene rings is 2. The number of rotatable bonds is 2. The number of halogens is 1. The van der Waals surface area contributed by atoms with Gasteiger partial charge in [0.2, 0.25) is 0 Å². The molecule has 2 aromatic carbocycles. The van der Waals surface area contributed by atoms with Gasteiger partial charge in [0.05, 0.1) is 17.6 Å². The normalized spacial score (nSPS) is 19.3. The first-order valence-corrected chi connectivity index (χ1v) is 10.8. The molecular weight excluding hydrogens is 421 g/mol. The van der Waals surface area contributed by atoms with Crippen LogP contribution in [0.3, 0.4) is 0 Å². The lowest BCUT2D eigenvalue weighted by Crippen LogP contribution is -2.41. The van der Waals surface area contributed by atoms with Crippen LogP contribution in [0, 0.1) is 11.2 Å². The van der Waals surface area contributed by atoms with E-state index in [0.717, 1.165) is 11.4 Å². The number of ketones is 1. The van der Waals surface area contributed by atoms with E-state index in [1.165, 1.54) is 30.5 Å². The molecule has 33 heavy (non-hydrogen) atoms. The highest BCUT2D eigenvalue weighted by atomic mass is 19.1. The molecule has 1 aliphatic carbocycles. The summed E-state index contributed by atoms with van der Waals surface area (Å²) in [6.45, 7) is 4.13. The molecule has 1 atom stereocenters. The van der Waals surface area contributed by atoms with E-state index in [2.05, 4.69) is 24.5 Å². The van der Waals surface area contributed by atoms with Gasteiger partial charge in [0.1, 0.15) is 17.6 Å². The van der Waals surface area contributed by atoms with Gasteiger partial charge < -0.3 is 15.1 Å². The predicted octanol–water partition coefficient (Wildman–Crippen LogP) is 6.27. The highest BCUT2D eigenvalue weighted by molar-refractivity contribution is 6.09. The van der Waals surface area contributed by atoms with E-state index >= 15 is 0 Å². The Balaban J connectivity index is 1.68. The molecule has 2 heterocycles. The summed E-state index contributed by atoms with van der Waals surface area (Å²) in [5, 5.41) is 6.28. The molecule has 2 amide bonds. The average Bonchev–Trinajstić information content (AvgIpc) is 3.24. The Morgan fingerprint density at radius 2 is 1.85 bits per heavy atom. The van der Waals surface area contributed by atoms with Crippen molar-refractivity contribution in [3.63, 3.8) is 0 Å². The van der Waals surface area contributed by atoms with Crippen molar-refractivity contribution in [1.82, 2.24) is 0 Å². The van der Waals surface area contributed by atoms with Crippen molar-refractivity contribution in [3.8, 4) is 0 Å². The van der Waals surface area contributed by atoms with Crippen molar-refractivity contribution in [2.24, 2.45) is 5.41 Å². The van der Waals surface area contributed by atoms with Crippen molar-refractivity contribution in [1.29, 1.82) is 0 Å². The third-order valence-corrected chi connectivity index (χ3v) is 6.03. The van der Waals surface area contributed by atoms with Gasteiger partial charge in [-0.3, -0.25) is 9.69 Å². The fourth-order valence-electron chi connectivity index (χ4n) is 4.64. The van der Waals surface area contributed by atoms with Crippen LogP contribution in [0.1, 0.15) is 38.5 Å². The lowest BCUT2D eigenvalue weighted by molar-refractivity contribution is -0.118. The molecule has 0 saturated carbocycles. The van der Waals surface area contributed by atoms with Crippen LogP contribution in [0.2, 0.25) is 0 Å². The Morgan fingerprint density at radius 3 is 2.58 bits per heavy atom. The number of carbonyl (C=O) groups is 2. The van der Waals surface area contributed by atoms with Gasteiger partial charge >= 0.3 is 6.03 Å². The maximum atomic E-state index is 13.7.